The van der Waals surface area contributed by atoms with Crippen LogP contribution in [0.2, 0.25) is 0 Å². The molecule has 2 aromatic carbocycles. The lowest BCUT2D eigenvalue weighted by molar-refractivity contribution is -0.134. The molecule has 1 fully saturated rings. The molecule has 1 saturated heterocycles. The first kappa shape index (κ1) is 19.6. The van der Waals surface area contributed by atoms with Crippen molar-refractivity contribution in [3.8, 4) is 0 Å². The first-order valence-electron chi connectivity index (χ1n) is 10.1. The molecular formula is C22H20FN5O2S. The van der Waals surface area contributed by atoms with E-state index >= 15 is 0 Å². The number of piperazine rings is 1. The lowest BCUT2D eigenvalue weighted by atomic mass is 10.1. The molecular weight excluding hydrogens is 417 g/mol. The Hall–Kier alpha value is -3.33. The Labute approximate surface area is 183 Å². The molecule has 7 nitrogen and oxygen atoms in total. The number of nitrogens with one attached hydrogen (secondary N) is 1. The second kappa shape index (κ2) is 7.73. The maximum atomic E-state index is 14.0. The fraction of sp³-hybridized carbons (Fsp3) is 0.273. The number of rotatable bonds is 3. The van der Waals surface area contributed by atoms with Crippen molar-refractivity contribution in [3.63, 3.8) is 0 Å². The minimum atomic E-state index is -0.725. The van der Waals surface area contributed by atoms with Crippen molar-refractivity contribution in [2.45, 2.75) is 12.5 Å². The number of hydrogen-bond acceptors (Lipinski definition) is 5. The van der Waals surface area contributed by atoms with E-state index in [-0.39, 0.29) is 28.8 Å². The van der Waals surface area contributed by atoms with Crippen molar-refractivity contribution in [1.29, 1.82) is 0 Å². The van der Waals surface area contributed by atoms with Crippen LogP contribution in [-0.2, 0) is 9.59 Å². The third kappa shape index (κ3) is 3.44. The summed E-state index contributed by atoms with van der Waals surface area (Å²) in [6.07, 6.45) is 0.00680. The minimum absolute atomic E-state index is 0.00680. The first-order valence-corrected chi connectivity index (χ1v) is 10.5. The molecule has 0 spiro atoms. The predicted octanol–water partition coefficient (Wildman–Crippen LogP) is 3.14. The van der Waals surface area contributed by atoms with Crippen LogP contribution in [-0.4, -0.2) is 52.4 Å². The lowest BCUT2D eigenvalue weighted by Gasteiger charge is -2.36. The molecule has 0 aliphatic carbocycles. The smallest absolute Gasteiger partial charge is 0.249 e. The molecule has 9 heteroatoms. The van der Waals surface area contributed by atoms with Crippen LogP contribution >= 0.6 is 12.2 Å². The highest BCUT2D eigenvalue weighted by Crippen LogP contribution is 2.33. The number of hydrogen-bond donors (Lipinski definition) is 1. The van der Waals surface area contributed by atoms with Gasteiger partial charge in [0.15, 0.2) is 0 Å². The molecule has 2 aliphatic heterocycles. The molecule has 3 heterocycles. The van der Waals surface area contributed by atoms with Gasteiger partial charge in [-0.15, -0.1) is 0 Å². The predicted molar refractivity (Wildman–Crippen MR) is 118 cm³/mol. The first-order chi connectivity index (χ1) is 15.0. The van der Waals surface area contributed by atoms with E-state index in [1.165, 1.54) is 6.07 Å². The van der Waals surface area contributed by atoms with Gasteiger partial charge < -0.3 is 15.1 Å². The normalized spacial score (nSPS) is 18.2. The maximum Gasteiger partial charge on any atom is 0.249 e. The second-order valence-electron chi connectivity index (χ2n) is 7.66. The van der Waals surface area contributed by atoms with Gasteiger partial charge in [-0.05, 0) is 36.5 Å². The number of aromatic nitrogens is 2. The Balaban J connectivity index is 1.32. The van der Waals surface area contributed by atoms with Gasteiger partial charge in [-0.2, -0.15) is 0 Å². The Kier molecular flexibility index (Phi) is 4.90. The summed E-state index contributed by atoms with van der Waals surface area (Å²) in [6.45, 7) is 2.00. The molecule has 0 saturated carbocycles. The molecule has 0 bridgehead atoms. The number of para-hydroxylation sites is 2. The van der Waals surface area contributed by atoms with Gasteiger partial charge in [0.05, 0.1) is 17.6 Å². The quantitative estimate of drug-likeness (QED) is 0.638. The van der Waals surface area contributed by atoms with E-state index in [4.69, 9.17) is 12.2 Å². The average molecular weight is 438 g/mol. The molecule has 0 radical (unpaired) electrons. The number of nitrogens with zero attached hydrogens (tertiary/aromatic N) is 4. The summed E-state index contributed by atoms with van der Waals surface area (Å²) >= 11 is 5.42. The van der Waals surface area contributed by atoms with Crippen LogP contribution in [0.5, 0.6) is 0 Å². The van der Waals surface area contributed by atoms with Crippen LogP contribution in [0.25, 0.3) is 10.9 Å². The molecule has 2 aliphatic rings. The molecule has 1 atom stereocenters. The van der Waals surface area contributed by atoms with Crippen molar-refractivity contribution in [1.82, 2.24) is 14.5 Å². The van der Waals surface area contributed by atoms with Gasteiger partial charge in [-0.3, -0.25) is 14.2 Å². The number of anilines is 2. The highest BCUT2D eigenvalue weighted by Gasteiger charge is 2.35. The van der Waals surface area contributed by atoms with Crippen molar-refractivity contribution < 1.29 is 14.0 Å². The van der Waals surface area contributed by atoms with E-state index in [0.29, 0.717) is 43.2 Å². The van der Waals surface area contributed by atoms with Gasteiger partial charge in [0.2, 0.25) is 16.6 Å². The molecule has 31 heavy (non-hydrogen) atoms. The molecule has 1 N–H and O–H groups in total. The number of benzene rings is 2. The van der Waals surface area contributed by atoms with Crippen LogP contribution in [0.4, 0.5) is 15.9 Å². The Bertz CT molecular complexity index is 1250. The topological polar surface area (TPSA) is 70.5 Å². The van der Waals surface area contributed by atoms with Crippen LogP contribution in [0.1, 0.15) is 12.5 Å². The summed E-state index contributed by atoms with van der Waals surface area (Å²) in [5.41, 5.74) is 1.25. The lowest BCUT2D eigenvalue weighted by Crippen LogP contribution is -2.49. The van der Waals surface area contributed by atoms with Crippen LogP contribution < -0.4 is 10.2 Å². The number of amides is 2. The molecule has 3 aromatic rings. The number of carbonyl (C=O) groups excluding carboxylic acids is 2. The van der Waals surface area contributed by atoms with E-state index in [0.717, 1.165) is 5.39 Å². The van der Waals surface area contributed by atoms with E-state index in [9.17, 15) is 14.0 Å². The SMILES string of the molecule is O=C1Nc2c3ccccc3nc(=S)n2C1CC(=O)N1CCN(c2ccccc2F)CC1. The zero-order chi connectivity index (χ0) is 21.5. The van der Waals surface area contributed by atoms with Crippen LogP contribution in [0, 0.1) is 10.6 Å². The number of halogens is 1. The van der Waals surface area contributed by atoms with E-state index in [1.54, 1.807) is 27.7 Å². The summed E-state index contributed by atoms with van der Waals surface area (Å²) in [4.78, 5) is 33.8. The summed E-state index contributed by atoms with van der Waals surface area (Å²) in [7, 11) is 0. The standard InChI is InChI=1S/C22H20FN5O2S/c23-15-6-2-4-8-17(15)26-9-11-27(12-10-26)19(29)13-18-21(30)25-20-14-5-1-3-7-16(14)24-22(31)28(18)20/h1-8,18H,9-13H2,(H,25,30). The van der Waals surface area contributed by atoms with Gasteiger partial charge in [-0.25, -0.2) is 9.37 Å². The Morgan fingerprint density at radius 2 is 1.81 bits per heavy atom. The van der Waals surface area contributed by atoms with Crippen LogP contribution in [0.15, 0.2) is 48.5 Å². The Morgan fingerprint density at radius 1 is 1.10 bits per heavy atom. The zero-order valence-electron chi connectivity index (χ0n) is 16.6. The second-order valence-corrected chi connectivity index (χ2v) is 8.02. The van der Waals surface area contributed by atoms with Crippen molar-refractivity contribution in [2.75, 3.05) is 36.4 Å². The highest BCUT2D eigenvalue weighted by molar-refractivity contribution is 7.71. The number of carbonyl (C=O) groups is 2. The summed E-state index contributed by atoms with van der Waals surface area (Å²) in [5.74, 6) is -0.0720. The van der Waals surface area contributed by atoms with E-state index in [2.05, 4.69) is 10.3 Å². The summed E-state index contributed by atoms with van der Waals surface area (Å²) in [6, 6.07) is 13.3. The monoisotopic (exact) mass is 437 g/mol. The van der Waals surface area contributed by atoms with Gasteiger partial charge in [0.25, 0.3) is 0 Å². The van der Waals surface area contributed by atoms with Gasteiger partial charge in [0, 0.05) is 31.6 Å². The fourth-order valence-electron chi connectivity index (χ4n) is 4.27. The average Bonchev–Trinajstić information content (AvgIpc) is 3.11. The molecule has 1 unspecified atom stereocenters. The van der Waals surface area contributed by atoms with E-state index < -0.39 is 6.04 Å². The summed E-state index contributed by atoms with van der Waals surface area (Å²) < 4.78 is 16.0. The Morgan fingerprint density at radius 3 is 2.58 bits per heavy atom. The molecule has 2 amide bonds. The van der Waals surface area contributed by atoms with Crippen molar-refractivity contribution in [2.24, 2.45) is 0 Å². The maximum absolute atomic E-state index is 14.0. The largest absolute Gasteiger partial charge is 0.366 e. The van der Waals surface area contributed by atoms with Gasteiger partial charge in [0.1, 0.15) is 17.7 Å². The van der Waals surface area contributed by atoms with Crippen molar-refractivity contribution in [3.05, 3.63) is 59.1 Å². The third-order valence-corrected chi connectivity index (χ3v) is 6.16. The zero-order valence-corrected chi connectivity index (χ0v) is 17.4. The summed E-state index contributed by atoms with van der Waals surface area (Å²) in [5, 5.41) is 3.66. The molecule has 1 aromatic heterocycles. The van der Waals surface area contributed by atoms with Gasteiger partial charge in [-0.1, -0.05) is 24.3 Å². The highest BCUT2D eigenvalue weighted by atomic mass is 32.1. The third-order valence-electron chi connectivity index (χ3n) is 5.87. The molecule has 5 rings (SSSR count). The van der Waals surface area contributed by atoms with E-state index in [1.807, 2.05) is 29.2 Å². The van der Waals surface area contributed by atoms with Crippen molar-refractivity contribution >= 4 is 46.4 Å². The minimum Gasteiger partial charge on any atom is -0.366 e. The fourth-order valence-corrected chi connectivity index (χ4v) is 4.59. The van der Waals surface area contributed by atoms with Gasteiger partial charge >= 0.3 is 0 Å². The molecule has 158 valence electrons. The number of fused-ring (bicyclic) bond motifs is 3. The van der Waals surface area contributed by atoms with Crippen LogP contribution in [0.3, 0.4) is 0 Å².